The van der Waals surface area contributed by atoms with Crippen molar-refractivity contribution in [2.24, 2.45) is 0 Å². The average molecular weight is 540 g/mol. The van der Waals surface area contributed by atoms with Gasteiger partial charge >= 0.3 is 0 Å². The van der Waals surface area contributed by atoms with Gasteiger partial charge in [0.15, 0.2) is 5.13 Å². The van der Waals surface area contributed by atoms with Gasteiger partial charge in [0.25, 0.3) is 11.8 Å². The number of thiazole rings is 1. The highest BCUT2D eigenvalue weighted by Crippen LogP contribution is 2.33. The molecular formula is C24H25Cl3N4O2S. The van der Waals surface area contributed by atoms with Gasteiger partial charge < -0.3 is 9.80 Å². The van der Waals surface area contributed by atoms with Gasteiger partial charge in [-0.1, -0.05) is 41.7 Å². The van der Waals surface area contributed by atoms with Crippen LogP contribution in [0.1, 0.15) is 34.7 Å². The lowest BCUT2D eigenvalue weighted by Gasteiger charge is -2.23. The van der Waals surface area contributed by atoms with E-state index in [0.29, 0.717) is 34.0 Å². The third-order valence-corrected chi connectivity index (χ3v) is 6.94. The summed E-state index contributed by atoms with van der Waals surface area (Å²) < 4.78 is 0. The molecule has 0 N–H and O–H groups in total. The van der Waals surface area contributed by atoms with Crippen molar-refractivity contribution < 1.29 is 9.59 Å². The summed E-state index contributed by atoms with van der Waals surface area (Å²) in [5, 5.41) is 3.20. The maximum Gasteiger partial charge on any atom is 0.273 e. The zero-order chi connectivity index (χ0) is 24.8. The summed E-state index contributed by atoms with van der Waals surface area (Å²) in [5.74, 6) is -0.572. The minimum absolute atomic E-state index is 0.178. The van der Waals surface area contributed by atoms with Crippen LogP contribution in [-0.2, 0) is 0 Å². The number of likely N-dealkylation sites (N-methyl/N-ethyl adjacent to an activating group) is 2. The molecule has 0 saturated heterocycles. The molecule has 0 radical (unpaired) electrons. The van der Waals surface area contributed by atoms with E-state index in [1.807, 2.05) is 14.0 Å². The molecule has 6 nitrogen and oxygen atoms in total. The smallest absolute Gasteiger partial charge is 0.273 e. The molecule has 0 bridgehead atoms. The summed E-state index contributed by atoms with van der Waals surface area (Å²) in [7, 11) is 2.01. The van der Waals surface area contributed by atoms with Crippen LogP contribution in [0.4, 0.5) is 10.8 Å². The van der Waals surface area contributed by atoms with Crippen molar-refractivity contribution in [2.75, 3.05) is 38.1 Å². The van der Waals surface area contributed by atoms with Gasteiger partial charge in [-0.3, -0.25) is 14.5 Å². The van der Waals surface area contributed by atoms with Crippen molar-refractivity contribution in [1.82, 2.24) is 14.8 Å². The van der Waals surface area contributed by atoms with Gasteiger partial charge in [0.1, 0.15) is 5.69 Å². The molecule has 3 aromatic rings. The molecule has 2 amide bonds. The number of hydrogen-bond donors (Lipinski definition) is 0. The van der Waals surface area contributed by atoms with Crippen molar-refractivity contribution in [3.8, 4) is 0 Å². The second-order valence-corrected chi connectivity index (χ2v) is 9.65. The molecule has 10 heteroatoms. The largest absolute Gasteiger partial charge is 0.336 e. The second kappa shape index (κ2) is 12.0. The zero-order valence-electron chi connectivity index (χ0n) is 19.1. The Balaban J connectivity index is 1.95. The van der Waals surface area contributed by atoms with Gasteiger partial charge in [-0.25, -0.2) is 4.98 Å². The number of benzene rings is 2. The number of halogens is 3. The predicted octanol–water partition coefficient (Wildman–Crippen LogP) is 6.50. The molecule has 1 aromatic heterocycles. The van der Waals surface area contributed by atoms with Crippen LogP contribution in [0, 0.1) is 0 Å². The monoisotopic (exact) mass is 538 g/mol. The highest BCUT2D eigenvalue weighted by molar-refractivity contribution is 7.14. The molecule has 0 spiro atoms. The summed E-state index contributed by atoms with van der Waals surface area (Å²) >= 11 is 19.6. The molecule has 0 aliphatic rings. The third kappa shape index (κ3) is 6.29. The number of carbonyl (C=O) groups is 2. The van der Waals surface area contributed by atoms with Crippen LogP contribution < -0.4 is 4.90 Å². The van der Waals surface area contributed by atoms with E-state index in [-0.39, 0.29) is 22.2 Å². The predicted molar refractivity (Wildman–Crippen MR) is 141 cm³/mol. The van der Waals surface area contributed by atoms with Crippen molar-refractivity contribution in [2.45, 2.75) is 13.8 Å². The van der Waals surface area contributed by atoms with Crippen LogP contribution in [0.15, 0.2) is 47.8 Å². The number of carbonyl (C=O) groups excluding carboxylic acids is 2. The number of amides is 2. The fourth-order valence-corrected chi connectivity index (χ4v) is 4.60. The van der Waals surface area contributed by atoms with Crippen LogP contribution >= 0.6 is 46.1 Å². The Morgan fingerprint density at radius 3 is 2.21 bits per heavy atom. The minimum atomic E-state index is -0.394. The fraction of sp³-hybridized carbons (Fsp3) is 0.292. The Morgan fingerprint density at radius 2 is 1.59 bits per heavy atom. The first-order valence-electron chi connectivity index (χ1n) is 10.7. The van der Waals surface area contributed by atoms with Crippen LogP contribution in [-0.4, -0.2) is 59.8 Å². The molecule has 34 heavy (non-hydrogen) atoms. The minimum Gasteiger partial charge on any atom is -0.336 e. The summed E-state index contributed by atoms with van der Waals surface area (Å²) in [5.41, 5.74) is 1.10. The highest BCUT2D eigenvalue weighted by atomic mass is 35.5. The lowest BCUT2D eigenvalue weighted by Crippen LogP contribution is -2.37. The topological polar surface area (TPSA) is 56.8 Å². The van der Waals surface area contributed by atoms with E-state index in [1.165, 1.54) is 22.3 Å². The molecule has 0 aliphatic carbocycles. The number of aromatic nitrogens is 1. The van der Waals surface area contributed by atoms with Gasteiger partial charge in [-0.05, 0) is 63.0 Å². The summed E-state index contributed by atoms with van der Waals surface area (Å²) in [6, 6.07) is 11.5. The Kier molecular flexibility index (Phi) is 9.33. The molecule has 3 rings (SSSR count). The van der Waals surface area contributed by atoms with E-state index in [4.69, 9.17) is 34.8 Å². The first-order chi connectivity index (χ1) is 16.2. The van der Waals surface area contributed by atoms with Crippen molar-refractivity contribution in [1.29, 1.82) is 0 Å². The molecule has 0 atom stereocenters. The van der Waals surface area contributed by atoms with E-state index < -0.39 is 5.91 Å². The van der Waals surface area contributed by atoms with Gasteiger partial charge in [-0.15, -0.1) is 11.3 Å². The maximum absolute atomic E-state index is 13.6. The van der Waals surface area contributed by atoms with Crippen LogP contribution in [0.5, 0.6) is 0 Å². The number of hydrogen-bond acceptors (Lipinski definition) is 5. The zero-order valence-corrected chi connectivity index (χ0v) is 22.2. The quantitative estimate of drug-likeness (QED) is 0.312. The van der Waals surface area contributed by atoms with Crippen LogP contribution in [0.2, 0.25) is 15.1 Å². The number of nitrogens with zero attached hydrogens (tertiary/aromatic N) is 4. The Hall–Kier alpha value is -2.16. The highest BCUT2D eigenvalue weighted by Gasteiger charge is 2.27. The van der Waals surface area contributed by atoms with Gasteiger partial charge in [0.2, 0.25) is 0 Å². The Bertz CT molecular complexity index is 1150. The van der Waals surface area contributed by atoms with Gasteiger partial charge in [0, 0.05) is 35.1 Å². The molecule has 180 valence electrons. The SMILES string of the molecule is CCN(C)CCN(CC)C(=O)c1csc(N(C(=O)c2ccc(Cl)cc2Cl)c2ccc(Cl)cc2)n1. The molecule has 2 aromatic carbocycles. The molecule has 0 fully saturated rings. The fourth-order valence-electron chi connectivity index (χ4n) is 3.17. The summed E-state index contributed by atoms with van der Waals surface area (Å²) in [6.07, 6.45) is 0. The molecule has 0 aliphatic heterocycles. The lowest BCUT2D eigenvalue weighted by atomic mass is 10.2. The molecule has 0 saturated carbocycles. The van der Waals surface area contributed by atoms with Crippen LogP contribution in [0.3, 0.4) is 0 Å². The first-order valence-corrected chi connectivity index (χ1v) is 12.7. The van der Waals surface area contributed by atoms with E-state index in [2.05, 4.69) is 16.8 Å². The van der Waals surface area contributed by atoms with Gasteiger partial charge in [-0.2, -0.15) is 0 Å². The Labute approximate surface area is 218 Å². The van der Waals surface area contributed by atoms with E-state index in [9.17, 15) is 9.59 Å². The van der Waals surface area contributed by atoms with Crippen molar-refractivity contribution in [3.05, 3.63) is 74.2 Å². The van der Waals surface area contributed by atoms with Crippen LogP contribution in [0.25, 0.3) is 0 Å². The number of anilines is 2. The van der Waals surface area contributed by atoms with Crippen molar-refractivity contribution >= 4 is 68.8 Å². The third-order valence-electron chi connectivity index (χ3n) is 5.31. The molecular weight excluding hydrogens is 515 g/mol. The first kappa shape index (κ1) is 26.4. The van der Waals surface area contributed by atoms with Gasteiger partial charge in [0.05, 0.1) is 16.3 Å². The normalized spacial score (nSPS) is 11.0. The summed E-state index contributed by atoms with van der Waals surface area (Å²) in [4.78, 5) is 36.5. The summed E-state index contributed by atoms with van der Waals surface area (Å²) in [6.45, 7) is 6.81. The number of rotatable bonds is 9. The second-order valence-electron chi connectivity index (χ2n) is 7.54. The van der Waals surface area contributed by atoms with E-state index >= 15 is 0 Å². The van der Waals surface area contributed by atoms with E-state index in [1.54, 1.807) is 46.7 Å². The Morgan fingerprint density at radius 1 is 0.912 bits per heavy atom. The molecule has 1 heterocycles. The van der Waals surface area contributed by atoms with Crippen molar-refractivity contribution in [3.63, 3.8) is 0 Å². The molecule has 0 unspecified atom stereocenters. The standard InChI is InChI=1S/C24H25Cl3N4O2S/c1-4-29(3)12-13-30(5-2)23(33)21-15-34-24(28-21)31(18-9-6-16(25)7-10-18)22(32)19-11-8-17(26)14-20(19)27/h6-11,14-15H,4-5,12-13H2,1-3H3. The lowest BCUT2D eigenvalue weighted by molar-refractivity contribution is 0.0745. The maximum atomic E-state index is 13.6. The van der Waals surface area contributed by atoms with E-state index in [0.717, 1.165) is 13.1 Å². The average Bonchev–Trinajstić information content (AvgIpc) is 3.30.